The Morgan fingerprint density at radius 1 is 1.09 bits per heavy atom. The lowest BCUT2D eigenvalue weighted by atomic mass is 10.1. The molecule has 0 fully saturated rings. The highest BCUT2D eigenvalue weighted by Crippen LogP contribution is 2.32. The van der Waals surface area contributed by atoms with E-state index >= 15 is 0 Å². The molecule has 0 spiro atoms. The van der Waals surface area contributed by atoms with Gasteiger partial charge in [-0.25, -0.2) is 0 Å². The summed E-state index contributed by atoms with van der Waals surface area (Å²) in [5.74, 6) is 0.483. The van der Waals surface area contributed by atoms with Crippen molar-refractivity contribution in [2.75, 3.05) is 0 Å². The second-order valence-corrected chi connectivity index (χ2v) is 6.48. The minimum absolute atomic E-state index is 0.483. The van der Waals surface area contributed by atoms with Gasteiger partial charge in [-0.15, -0.1) is 0 Å². The Hall–Kier alpha value is -2.35. The van der Waals surface area contributed by atoms with Crippen LogP contribution in [0.5, 0.6) is 0 Å². The summed E-state index contributed by atoms with van der Waals surface area (Å²) in [5.41, 5.74) is 7.77. The Kier molecular flexibility index (Phi) is 2.93. The van der Waals surface area contributed by atoms with E-state index in [0.717, 1.165) is 6.54 Å². The summed E-state index contributed by atoms with van der Waals surface area (Å²) in [6, 6.07) is 15.7. The van der Waals surface area contributed by atoms with Gasteiger partial charge in [-0.2, -0.15) is 0 Å². The van der Waals surface area contributed by atoms with Crippen LogP contribution in [0, 0.1) is 6.92 Å². The zero-order valence-electron chi connectivity index (χ0n) is 13.3. The van der Waals surface area contributed by atoms with E-state index in [1.54, 1.807) is 0 Å². The number of aliphatic imine (C=N–C) groups is 1. The summed E-state index contributed by atoms with van der Waals surface area (Å²) in [5, 5.41) is 1.31. The van der Waals surface area contributed by atoms with Gasteiger partial charge < -0.3 is 4.57 Å². The number of aryl methyl sites for hydroxylation is 1. The monoisotopic (exact) mass is 288 g/mol. The van der Waals surface area contributed by atoms with Gasteiger partial charge in [0, 0.05) is 23.0 Å². The molecule has 22 heavy (non-hydrogen) atoms. The molecular formula is C20H20N2. The topological polar surface area (TPSA) is 17.3 Å². The van der Waals surface area contributed by atoms with Crippen molar-refractivity contribution in [2.24, 2.45) is 4.99 Å². The largest absolute Gasteiger partial charge is 0.313 e. The van der Waals surface area contributed by atoms with Gasteiger partial charge in [-0.3, -0.25) is 4.99 Å². The maximum Gasteiger partial charge on any atom is 0.0646 e. The number of rotatable bonds is 2. The lowest BCUT2D eigenvalue weighted by Crippen LogP contribution is -2.02. The van der Waals surface area contributed by atoms with Crippen molar-refractivity contribution in [3.8, 4) is 5.69 Å². The third kappa shape index (κ3) is 1.98. The number of fused-ring (bicyclic) bond motifs is 2. The second kappa shape index (κ2) is 4.84. The maximum atomic E-state index is 4.39. The van der Waals surface area contributed by atoms with Crippen LogP contribution in [0.4, 0.5) is 0 Å². The molecule has 0 radical (unpaired) electrons. The molecule has 0 bridgehead atoms. The van der Waals surface area contributed by atoms with Gasteiger partial charge in [0.1, 0.15) is 0 Å². The van der Waals surface area contributed by atoms with E-state index < -0.39 is 0 Å². The molecule has 4 rings (SSSR count). The lowest BCUT2D eigenvalue weighted by molar-refractivity contribution is 0.796. The third-order valence-corrected chi connectivity index (χ3v) is 4.43. The number of nitrogens with zero attached hydrogens (tertiary/aromatic N) is 2. The Morgan fingerprint density at radius 2 is 1.95 bits per heavy atom. The van der Waals surface area contributed by atoms with Crippen molar-refractivity contribution in [2.45, 2.75) is 33.2 Å². The Bertz CT molecular complexity index is 897. The fourth-order valence-electron chi connectivity index (χ4n) is 3.32. The van der Waals surface area contributed by atoms with Crippen LogP contribution >= 0.6 is 0 Å². The van der Waals surface area contributed by atoms with E-state index in [2.05, 4.69) is 72.8 Å². The third-order valence-electron chi connectivity index (χ3n) is 4.43. The van der Waals surface area contributed by atoms with Crippen molar-refractivity contribution < 1.29 is 0 Å². The number of benzene rings is 2. The first-order valence-corrected chi connectivity index (χ1v) is 7.88. The SMILES string of the molecule is Cc1cccc(-n2c(C(C)C)cc3cc4c(cc32)C=NC4)c1. The van der Waals surface area contributed by atoms with Gasteiger partial charge in [-0.05, 0) is 59.9 Å². The molecule has 2 heterocycles. The highest BCUT2D eigenvalue weighted by molar-refractivity contribution is 5.94. The van der Waals surface area contributed by atoms with Gasteiger partial charge in [0.05, 0.1) is 12.1 Å². The van der Waals surface area contributed by atoms with Crippen molar-refractivity contribution >= 4 is 17.1 Å². The molecule has 0 atom stereocenters. The maximum absolute atomic E-state index is 4.39. The fraction of sp³-hybridized carbons (Fsp3) is 0.250. The van der Waals surface area contributed by atoms with E-state index in [0.29, 0.717) is 5.92 Å². The van der Waals surface area contributed by atoms with Crippen LogP contribution in [0.3, 0.4) is 0 Å². The lowest BCUT2D eigenvalue weighted by Gasteiger charge is -2.14. The van der Waals surface area contributed by atoms with Crippen LogP contribution in [-0.2, 0) is 6.54 Å². The molecule has 2 aromatic carbocycles. The van der Waals surface area contributed by atoms with Crippen LogP contribution in [-0.4, -0.2) is 10.8 Å². The van der Waals surface area contributed by atoms with E-state index in [1.165, 1.54) is 39.0 Å². The first-order valence-electron chi connectivity index (χ1n) is 7.88. The smallest absolute Gasteiger partial charge is 0.0646 e. The summed E-state index contributed by atoms with van der Waals surface area (Å²) in [6.07, 6.45) is 2.00. The van der Waals surface area contributed by atoms with E-state index in [9.17, 15) is 0 Å². The zero-order chi connectivity index (χ0) is 15.3. The summed E-state index contributed by atoms with van der Waals surface area (Å²) >= 11 is 0. The average Bonchev–Trinajstić information content (AvgIpc) is 3.07. The predicted octanol–water partition coefficient (Wildman–Crippen LogP) is 4.99. The van der Waals surface area contributed by atoms with E-state index in [-0.39, 0.29) is 0 Å². The summed E-state index contributed by atoms with van der Waals surface area (Å²) in [4.78, 5) is 4.39. The number of aromatic nitrogens is 1. The normalized spacial score (nSPS) is 13.3. The molecule has 3 aromatic rings. The van der Waals surface area contributed by atoms with Crippen LogP contribution in [0.25, 0.3) is 16.6 Å². The van der Waals surface area contributed by atoms with E-state index in [4.69, 9.17) is 0 Å². The molecule has 1 aliphatic heterocycles. The summed E-state index contributed by atoms with van der Waals surface area (Å²) in [7, 11) is 0. The molecular weight excluding hydrogens is 268 g/mol. The highest BCUT2D eigenvalue weighted by atomic mass is 15.0. The van der Waals surface area contributed by atoms with Crippen LogP contribution in [0.15, 0.2) is 47.5 Å². The van der Waals surface area contributed by atoms with Gasteiger partial charge in [-0.1, -0.05) is 26.0 Å². The van der Waals surface area contributed by atoms with Crippen molar-refractivity contribution in [1.29, 1.82) is 0 Å². The Balaban J connectivity index is 2.05. The summed E-state index contributed by atoms with van der Waals surface area (Å²) < 4.78 is 2.40. The molecule has 0 aliphatic carbocycles. The Labute approximate surface area is 131 Å². The molecule has 0 saturated carbocycles. The molecule has 1 aliphatic rings. The minimum Gasteiger partial charge on any atom is -0.313 e. The van der Waals surface area contributed by atoms with Crippen molar-refractivity contribution in [3.05, 3.63) is 64.8 Å². The first kappa shape index (κ1) is 13.3. The highest BCUT2D eigenvalue weighted by Gasteiger charge is 2.16. The van der Waals surface area contributed by atoms with Crippen molar-refractivity contribution in [3.63, 3.8) is 0 Å². The second-order valence-electron chi connectivity index (χ2n) is 6.48. The standard InChI is InChI=1S/C20H20N2/c1-13(2)19-9-15-8-16-11-21-12-17(16)10-20(15)22(19)18-6-4-5-14(3)7-18/h4-10,12-13H,11H2,1-3H3. The zero-order valence-corrected chi connectivity index (χ0v) is 13.3. The van der Waals surface area contributed by atoms with Gasteiger partial charge >= 0.3 is 0 Å². The van der Waals surface area contributed by atoms with Crippen molar-refractivity contribution in [1.82, 2.24) is 4.57 Å². The quantitative estimate of drug-likeness (QED) is 0.632. The fourth-order valence-corrected chi connectivity index (χ4v) is 3.32. The average molecular weight is 288 g/mol. The number of hydrogen-bond acceptors (Lipinski definition) is 1. The van der Waals surface area contributed by atoms with E-state index in [1.807, 2.05) is 6.21 Å². The molecule has 110 valence electrons. The van der Waals surface area contributed by atoms with Gasteiger partial charge in [0.15, 0.2) is 0 Å². The van der Waals surface area contributed by atoms with Crippen LogP contribution < -0.4 is 0 Å². The molecule has 0 unspecified atom stereocenters. The minimum atomic E-state index is 0.483. The first-order chi connectivity index (χ1) is 10.6. The Morgan fingerprint density at radius 3 is 2.73 bits per heavy atom. The van der Waals surface area contributed by atoms with Gasteiger partial charge in [0.2, 0.25) is 0 Å². The molecule has 0 N–H and O–H groups in total. The van der Waals surface area contributed by atoms with Crippen LogP contribution in [0.2, 0.25) is 0 Å². The van der Waals surface area contributed by atoms with Crippen LogP contribution in [0.1, 0.15) is 42.1 Å². The predicted molar refractivity (Wildman–Crippen MR) is 93.4 cm³/mol. The summed E-state index contributed by atoms with van der Waals surface area (Å²) in [6.45, 7) is 7.48. The number of hydrogen-bond donors (Lipinski definition) is 0. The molecule has 2 nitrogen and oxygen atoms in total. The molecule has 1 aromatic heterocycles. The molecule has 2 heteroatoms. The van der Waals surface area contributed by atoms with Gasteiger partial charge in [0.25, 0.3) is 0 Å². The molecule has 0 amide bonds. The molecule has 0 saturated heterocycles.